The van der Waals surface area contributed by atoms with Gasteiger partial charge in [-0.1, -0.05) is 20.8 Å². The fraction of sp³-hybridized carbons (Fsp3) is 0.688. The third-order valence-corrected chi connectivity index (χ3v) is 5.56. The third-order valence-electron chi connectivity index (χ3n) is 4.16. The first-order valence-corrected chi connectivity index (χ1v) is 9.47. The number of hydrogen-bond donors (Lipinski definition) is 2. The zero-order chi connectivity index (χ0) is 17.1. The quantitative estimate of drug-likeness (QED) is 0.858. The van der Waals surface area contributed by atoms with Gasteiger partial charge in [0.05, 0.1) is 6.10 Å². The van der Waals surface area contributed by atoms with E-state index >= 15 is 0 Å². The molecule has 2 N–H and O–H groups in total. The second kappa shape index (κ2) is 7.15. The molecule has 23 heavy (non-hydrogen) atoms. The molecule has 1 aliphatic heterocycles. The highest BCUT2D eigenvalue weighted by atomic mass is 32.2. The second-order valence-electron chi connectivity index (χ2n) is 7.03. The van der Waals surface area contributed by atoms with Gasteiger partial charge in [0.25, 0.3) is 0 Å². The van der Waals surface area contributed by atoms with Gasteiger partial charge in [0.1, 0.15) is 10.7 Å². The molecule has 0 saturated carbocycles. The minimum absolute atomic E-state index is 0.102. The van der Waals surface area contributed by atoms with Crippen LogP contribution in [0.25, 0.3) is 0 Å². The summed E-state index contributed by atoms with van der Waals surface area (Å²) in [6.45, 7) is 8.20. The van der Waals surface area contributed by atoms with E-state index in [-0.39, 0.29) is 16.4 Å². The number of nitrogens with one attached hydrogen (secondary N) is 2. The highest BCUT2D eigenvalue weighted by Crippen LogP contribution is 2.34. The fourth-order valence-electron chi connectivity index (χ4n) is 3.01. The Bertz CT molecular complexity index is 608. The van der Waals surface area contributed by atoms with E-state index in [1.54, 1.807) is 12.1 Å². The minimum Gasteiger partial charge on any atom is -0.377 e. The van der Waals surface area contributed by atoms with Gasteiger partial charge in [-0.25, -0.2) is 18.1 Å². The van der Waals surface area contributed by atoms with Crippen LogP contribution in [0.4, 0.5) is 5.82 Å². The van der Waals surface area contributed by atoms with Gasteiger partial charge in [0, 0.05) is 25.3 Å². The van der Waals surface area contributed by atoms with Crippen LogP contribution < -0.4 is 10.0 Å². The summed E-state index contributed by atoms with van der Waals surface area (Å²) < 4.78 is 31.6. The summed E-state index contributed by atoms with van der Waals surface area (Å²) in [4.78, 5) is 4.36. The van der Waals surface area contributed by atoms with Gasteiger partial charge in [0.2, 0.25) is 10.0 Å². The number of sulfonamides is 1. The average molecular weight is 341 g/mol. The van der Waals surface area contributed by atoms with Crippen molar-refractivity contribution in [1.29, 1.82) is 0 Å². The van der Waals surface area contributed by atoms with E-state index < -0.39 is 10.0 Å². The first-order chi connectivity index (χ1) is 10.7. The third kappa shape index (κ3) is 4.65. The largest absolute Gasteiger partial charge is 0.377 e. The molecule has 1 aromatic heterocycles. The molecule has 1 aliphatic rings. The minimum atomic E-state index is -3.44. The summed E-state index contributed by atoms with van der Waals surface area (Å²) in [5, 5.41) is 3.31. The van der Waals surface area contributed by atoms with Gasteiger partial charge >= 0.3 is 0 Å². The van der Waals surface area contributed by atoms with Crippen LogP contribution in [-0.2, 0) is 14.8 Å². The van der Waals surface area contributed by atoms with E-state index in [2.05, 4.69) is 35.8 Å². The van der Waals surface area contributed by atoms with Crippen LogP contribution in [0.1, 0.15) is 33.6 Å². The predicted molar refractivity (Wildman–Crippen MR) is 90.9 cm³/mol. The summed E-state index contributed by atoms with van der Waals surface area (Å²) in [5.41, 5.74) is 0.102. The van der Waals surface area contributed by atoms with Crippen LogP contribution in [0.3, 0.4) is 0 Å². The number of aromatic nitrogens is 1. The molecular formula is C16H27N3O3S. The number of hydrogen-bond acceptors (Lipinski definition) is 5. The maximum Gasteiger partial charge on any atom is 0.241 e. The highest BCUT2D eigenvalue weighted by molar-refractivity contribution is 7.89. The Hall–Kier alpha value is -1.18. The van der Waals surface area contributed by atoms with Crippen molar-refractivity contribution < 1.29 is 13.2 Å². The van der Waals surface area contributed by atoms with Crippen molar-refractivity contribution >= 4 is 15.8 Å². The lowest BCUT2D eigenvalue weighted by Crippen LogP contribution is -2.42. The lowest BCUT2D eigenvalue weighted by Gasteiger charge is -2.40. The number of nitrogens with zero attached hydrogens (tertiary/aromatic N) is 1. The summed E-state index contributed by atoms with van der Waals surface area (Å²) in [6, 6.07) is 3.25. The number of pyridine rings is 1. The lowest BCUT2D eigenvalue weighted by atomic mass is 9.78. The molecule has 1 aromatic rings. The van der Waals surface area contributed by atoms with Crippen LogP contribution in [-0.4, -0.2) is 39.7 Å². The average Bonchev–Trinajstić information content (AvgIpc) is 2.53. The van der Waals surface area contributed by atoms with Gasteiger partial charge in [-0.15, -0.1) is 0 Å². The van der Waals surface area contributed by atoms with Gasteiger partial charge in [-0.3, -0.25) is 0 Å². The summed E-state index contributed by atoms with van der Waals surface area (Å²) in [6.07, 6.45) is 3.78. The zero-order valence-electron chi connectivity index (χ0n) is 14.3. The predicted octanol–water partition coefficient (Wildman–Crippen LogP) is 2.24. The zero-order valence-corrected chi connectivity index (χ0v) is 15.1. The molecule has 130 valence electrons. The molecule has 6 nitrogen and oxygen atoms in total. The van der Waals surface area contributed by atoms with Crippen molar-refractivity contribution in [2.75, 3.05) is 25.5 Å². The van der Waals surface area contributed by atoms with E-state index in [0.29, 0.717) is 11.7 Å². The van der Waals surface area contributed by atoms with Crippen LogP contribution >= 0.6 is 0 Å². The van der Waals surface area contributed by atoms with Crippen molar-refractivity contribution in [3.05, 3.63) is 18.3 Å². The molecule has 2 rings (SSSR count). The number of ether oxygens (including phenoxy) is 1. The molecule has 0 amide bonds. The standard InChI is InChI=1S/C16H27N3O3S/c1-16(2,3)15-12(6-5-9-22-15)10-18-14-8-7-13(11-19-14)23(20,21)17-4/h7-8,11-12,15,17H,5-6,9-10H2,1-4H3,(H,18,19). The maximum atomic E-state index is 11.7. The molecule has 2 unspecified atom stereocenters. The molecule has 0 aliphatic carbocycles. The van der Waals surface area contributed by atoms with Gasteiger partial charge in [0.15, 0.2) is 0 Å². The van der Waals surface area contributed by atoms with Gasteiger partial charge in [-0.05, 0) is 37.4 Å². The molecule has 0 aromatic carbocycles. The van der Waals surface area contributed by atoms with E-state index in [1.165, 1.54) is 13.2 Å². The Labute approximate surface area is 139 Å². The SMILES string of the molecule is CNS(=O)(=O)c1ccc(NCC2CCCOC2C(C)(C)C)nc1. The summed E-state index contributed by atoms with van der Waals surface area (Å²) >= 11 is 0. The number of anilines is 1. The highest BCUT2D eigenvalue weighted by Gasteiger charge is 2.35. The Morgan fingerprint density at radius 3 is 2.65 bits per heavy atom. The summed E-state index contributed by atoms with van der Waals surface area (Å²) in [7, 11) is -2.05. The Morgan fingerprint density at radius 1 is 1.35 bits per heavy atom. The molecule has 0 spiro atoms. The van der Waals surface area contributed by atoms with Crippen molar-refractivity contribution in [3.8, 4) is 0 Å². The lowest BCUT2D eigenvalue weighted by molar-refractivity contribution is -0.0814. The number of rotatable bonds is 5. The van der Waals surface area contributed by atoms with E-state index in [1.807, 2.05) is 0 Å². The monoisotopic (exact) mass is 341 g/mol. The molecule has 1 saturated heterocycles. The summed E-state index contributed by atoms with van der Waals surface area (Å²) in [5.74, 6) is 1.10. The van der Waals surface area contributed by atoms with Crippen LogP contribution in [0.2, 0.25) is 0 Å². The fourth-order valence-corrected chi connectivity index (χ4v) is 3.68. The van der Waals surface area contributed by atoms with Crippen molar-refractivity contribution in [2.24, 2.45) is 11.3 Å². The first kappa shape index (κ1) is 18.2. The Morgan fingerprint density at radius 2 is 2.09 bits per heavy atom. The molecule has 2 atom stereocenters. The van der Waals surface area contributed by atoms with Gasteiger partial charge in [-0.2, -0.15) is 0 Å². The van der Waals surface area contributed by atoms with E-state index in [4.69, 9.17) is 4.74 Å². The maximum absolute atomic E-state index is 11.7. The van der Waals surface area contributed by atoms with E-state index in [0.717, 1.165) is 26.0 Å². The van der Waals surface area contributed by atoms with Crippen LogP contribution in [0, 0.1) is 11.3 Å². The van der Waals surface area contributed by atoms with E-state index in [9.17, 15) is 8.42 Å². The molecule has 7 heteroatoms. The Kier molecular flexibility index (Phi) is 5.65. The van der Waals surface area contributed by atoms with Crippen molar-refractivity contribution in [1.82, 2.24) is 9.71 Å². The second-order valence-corrected chi connectivity index (χ2v) is 8.91. The molecule has 2 heterocycles. The Balaban J connectivity index is 2.00. The van der Waals surface area contributed by atoms with Crippen LogP contribution in [0.5, 0.6) is 0 Å². The normalized spacial score (nSPS) is 22.8. The van der Waals surface area contributed by atoms with Crippen LogP contribution in [0.15, 0.2) is 23.2 Å². The molecule has 0 radical (unpaired) electrons. The topological polar surface area (TPSA) is 80.3 Å². The smallest absolute Gasteiger partial charge is 0.241 e. The molecule has 1 fully saturated rings. The first-order valence-electron chi connectivity index (χ1n) is 7.99. The molecular weight excluding hydrogens is 314 g/mol. The molecule has 0 bridgehead atoms. The van der Waals surface area contributed by atoms with Gasteiger partial charge < -0.3 is 10.1 Å². The van der Waals surface area contributed by atoms with Crippen molar-refractivity contribution in [3.63, 3.8) is 0 Å². The van der Waals surface area contributed by atoms with Crippen molar-refractivity contribution in [2.45, 2.75) is 44.6 Å².